The van der Waals surface area contributed by atoms with Crippen LogP contribution >= 0.6 is 11.3 Å². The summed E-state index contributed by atoms with van der Waals surface area (Å²) < 4.78 is 33.3. The van der Waals surface area contributed by atoms with Gasteiger partial charge in [-0.15, -0.1) is 0 Å². The number of nitrogens with zero attached hydrogens (tertiary/aromatic N) is 4. The zero-order valence-electron chi connectivity index (χ0n) is 19.3. The molecule has 180 valence electrons. The van der Waals surface area contributed by atoms with Crippen molar-refractivity contribution in [1.82, 2.24) is 14.3 Å². The number of carbonyl (C=O) groups is 1. The highest BCUT2D eigenvalue weighted by molar-refractivity contribution is 7.89. The Bertz CT molecular complexity index is 1470. The molecule has 0 saturated heterocycles. The summed E-state index contributed by atoms with van der Waals surface area (Å²) in [5.74, 6) is 0.435. The molecule has 1 aliphatic carbocycles. The number of amides is 1. The predicted octanol–water partition coefficient (Wildman–Crippen LogP) is 4.33. The normalized spacial score (nSPS) is 13.8. The molecule has 0 atom stereocenters. The van der Waals surface area contributed by atoms with Gasteiger partial charge in [0, 0.05) is 31.0 Å². The Morgan fingerprint density at radius 1 is 1.14 bits per heavy atom. The van der Waals surface area contributed by atoms with Crippen LogP contribution in [0.3, 0.4) is 0 Å². The van der Waals surface area contributed by atoms with Crippen LogP contribution < -0.4 is 9.64 Å². The average Bonchev–Trinajstić information content (AvgIpc) is 3.65. The summed E-state index contributed by atoms with van der Waals surface area (Å²) in [5.41, 5.74) is 1.99. The van der Waals surface area contributed by atoms with Crippen LogP contribution in [-0.2, 0) is 16.6 Å². The summed E-state index contributed by atoms with van der Waals surface area (Å²) in [6.07, 6.45) is 5.14. The van der Waals surface area contributed by atoms with Crippen molar-refractivity contribution in [2.45, 2.75) is 30.3 Å². The molecule has 0 bridgehead atoms. The van der Waals surface area contributed by atoms with Gasteiger partial charge in [-0.3, -0.25) is 14.7 Å². The lowest BCUT2D eigenvalue weighted by molar-refractivity contribution is 0.0985. The van der Waals surface area contributed by atoms with Crippen molar-refractivity contribution in [3.63, 3.8) is 0 Å². The Hall–Kier alpha value is -3.34. The van der Waals surface area contributed by atoms with Crippen LogP contribution in [0.5, 0.6) is 5.75 Å². The maximum Gasteiger partial charge on any atom is 0.260 e. The zero-order chi connectivity index (χ0) is 24.6. The molecule has 1 aliphatic rings. The minimum absolute atomic E-state index is 0.0638. The van der Waals surface area contributed by atoms with E-state index in [0.29, 0.717) is 16.4 Å². The molecule has 0 N–H and O–H groups in total. The van der Waals surface area contributed by atoms with E-state index in [2.05, 4.69) is 9.97 Å². The Morgan fingerprint density at radius 2 is 1.91 bits per heavy atom. The van der Waals surface area contributed by atoms with Crippen molar-refractivity contribution in [2.75, 3.05) is 19.1 Å². The number of methoxy groups -OCH3 is 1. The second-order valence-corrected chi connectivity index (χ2v) is 11.4. The number of fused-ring (bicyclic) bond motifs is 1. The number of carbonyl (C=O) groups excluding carboxylic acids is 1. The Morgan fingerprint density at radius 3 is 2.57 bits per heavy atom. The van der Waals surface area contributed by atoms with E-state index in [9.17, 15) is 13.2 Å². The third kappa shape index (κ3) is 4.77. The molecular formula is C25H24N4O4S2. The first-order valence-corrected chi connectivity index (χ1v) is 13.4. The number of anilines is 1. The molecule has 4 aromatic rings. The van der Waals surface area contributed by atoms with Gasteiger partial charge in [0.1, 0.15) is 5.75 Å². The first-order chi connectivity index (χ1) is 16.9. The maximum absolute atomic E-state index is 13.7. The Kier molecular flexibility index (Phi) is 6.26. The van der Waals surface area contributed by atoms with Gasteiger partial charge >= 0.3 is 0 Å². The molecule has 2 aromatic carbocycles. The van der Waals surface area contributed by atoms with Crippen LogP contribution in [-0.4, -0.2) is 48.8 Å². The number of pyridine rings is 1. The first kappa shape index (κ1) is 23.4. The van der Waals surface area contributed by atoms with Crippen molar-refractivity contribution >= 4 is 42.6 Å². The highest BCUT2D eigenvalue weighted by Gasteiger charge is 2.35. The molecule has 0 spiro atoms. The summed E-state index contributed by atoms with van der Waals surface area (Å²) in [6.45, 7) is 0.272. The largest absolute Gasteiger partial charge is 0.497 e. The van der Waals surface area contributed by atoms with Crippen LogP contribution in [0.25, 0.3) is 10.2 Å². The molecule has 2 heterocycles. The van der Waals surface area contributed by atoms with Gasteiger partial charge in [0.15, 0.2) is 5.13 Å². The summed E-state index contributed by atoms with van der Waals surface area (Å²) >= 11 is 1.39. The van der Waals surface area contributed by atoms with Crippen LogP contribution in [0, 0.1) is 0 Å². The lowest BCUT2D eigenvalue weighted by Crippen LogP contribution is -2.31. The Balaban J connectivity index is 1.48. The van der Waals surface area contributed by atoms with Gasteiger partial charge in [0.05, 0.1) is 28.8 Å². The third-order valence-electron chi connectivity index (χ3n) is 5.96. The number of aromatic nitrogens is 2. The molecule has 0 aliphatic heterocycles. The fourth-order valence-electron chi connectivity index (χ4n) is 3.76. The number of thiazole rings is 1. The number of hydrogen-bond donors (Lipinski definition) is 0. The molecule has 1 fully saturated rings. The topological polar surface area (TPSA) is 92.7 Å². The van der Waals surface area contributed by atoms with E-state index in [0.717, 1.165) is 28.6 Å². The molecule has 1 saturated carbocycles. The van der Waals surface area contributed by atoms with Crippen molar-refractivity contribution < 1.29 is 17.9 Å². The molecule has 1 amide bonds. The number of ether oxygens (including phenoxy) is 1. The lowest BCUT2D eigenvalue weighted by atomic mass is 10.2. The highest BCUT2D eigenvalue weighted by Crippen LogP contribution is 2.34. The van der Waals surface area contributed by atoms with E-state index in [1.807, 2.05) is 30.3 Å². The second kappa shape index (κ2) is 9.37. The van der Waals surface area contributed by atoms with Gasteiger partial charge in [0.2, 0.25) is 10.0 Å². The highest BCUT2D eigenvalue weighted by atomic mass is 32.2. The summed E-state index contributed by atoms with van der Waals surface area (Å²) in [5, 5.41) is 0.535. The van der Waals surface area contributed by atoms with Gasteiger partial charge in [-0.1, -0.05) is 17.4 Å². The molecule has 35 heavy (non-hydrogen) atoms. The van der Waals surface area contributed by atoms with E-state index >= 15 is 0 Å². The molecule has 8 nitrogen and oxygen atoms in total. The second-order valence-electron chi connectivity index (χ2n) is 8.36. The molecule has 5 rings (SSSR count). The smallest absolute Gasteiger partial charge is 0.260 e. The Labute approximate surface area is 207 Å². The fourth-order valence-corrected chi connectivity index (χ4v) is 6.17. The number of rotatable bonds is 8. The van der Waals surface area contributed by atoms with E-state index < -0.39 is 10.0 Å². The van der Waals surface area contributed by atoms with E-state index in [1.165, 1.54) is 27.8 Å². The monoisotopic (exact) mass is 508 g/mol. The summed E-state index contributed by atoms with van der Waals surface area (Å²) in [4.78, 5) is 24.3. The molecule has 0 unspecified atom stereocenters. The summed E-state index contributed by atoms with van der Waals surface area (Å²) in [7, 11) is -0.379. The van der Waals surface area contributed by atoms with Crippen LogP contribution in [0.4, 0.5) is 5.13 Å². The molecule has 10 heteroatoms. The maximum atomic E-state index is 13.7. The molecule has 2 aromatic heterocycles. The zero-order valence-corrected chi connectivity index (χ0v) is 20.9. The van der Waals surface area contributed by atoms with Crippen molar-refractivity contribution in [3.8, 4) is 5.75 Å². The molecule has 0 radical (unpaired) electrons. The predicted molar refractivity (Wildman–Crippen MR) is 135 cm³/mol. The minimum atomic E-state index is -3.59. The van der Waals surface area contributed by atoms with Crippen LogP contribution in [0.15, 0.2) is 71.9 Å². The van der Waals surface area contributed by atoms with Crippen LogP contribution in [0.2, 0.25) is 0 Å². The van der Waals surface area contributed by atoms with Gasteiger partial charge in [-0.05, 0) is 66.9 Å². The van der Waals surface area contributed by atoms with Gasteiger partial charge in [-0.2, -0.15) is 4.31 Å². The van der Waals surface area contributed by atoms with Gasteiger partial charge in [-0.25, -0.2) is 13.4 Å². The summed E-state index contributed by atoms with van der Waals surface area (Å²) in [6, 6.07) is 15.5. The van der Waals surface area contributed by atoms with Gasteiger partial charge in [0.25, 0.3) is 5.91 Å². The van der Waals surface area contributed by atoms with Gasteiger partial charge < -0.3 is 4.74 Å². The number of sulfonamides is 1. The lowest BCUT2D eigenvalue weighted by Gasteiger charge is -2.20. The number of hydrogen-bond acceptors (Lipinski definition) is 7. The molecular weight excluding hydrogens is 484 g/mol. The van der Waals surface area contributed by atoms with Crippen molar-refractivity contribution in [3.05, 3.63) is 78.1 Å². The van der Waals surface area contributed by atoms with Crippen LogP contribution in [0.1, 0.15) is 28.8 Å². The van der Waals surface area contributed by atoms with Crippen molar-refractivity contribution in [1.29, 1.82) is 0 Å². The fraction of sp³-hybridized carbons (Fsp3) is 0.240. The standard InChI is InChI=1S/C25H24N4O4S2/c1-28(19-7-8-19)35(31,32)21-10-5-18(6-11-21)24(30)29(16-17-4-3-13-26-15-17)25-27-22-12-9-20(33-2)14-23(22)34-25/h3-6,9-15,19H,7-8,16H2,1-2H3. The average molecular weight is 509 g/mol. The quantitative estimate of drug-likeness (QED) is 0.352. The first-order valence-electron chi connectivity index (χ1n) is 11.1. The number of benzene rings is 2. The SMILES string of the molecule is COc1ccc2nc(N(Cc3cccnc3)C(=O)c3ccc(S(=O)(=O)N(C)C4CC4)cc3)sc2c1. The van der Waals surface area contributed by atoms with Crippen molar-refractivity contribution in [2.24, 2.45) is 0 Å². The minimum Gasteiger partial charge on any atom is -0.497 e. The van der Waals surface area contributed by atoms with E-state index in [4.69, 9.17) is 4.74 Å². The van der Waals surface area contributed by atoms with E-state index in [1.54, 1.807) is 43.6 Å². The van der Waals surface area contributed by atoms with E-state index in [-0.39, 0.29) is 23.4 Å². The third-order valence-corrected chi connectivity index (χ3v) is 8.93.